The second-order valence-electron chi connectivity index (χ2n) is 22.7. The SMILES string of the molecule is CC/C=C\C/C=C\C/C=C\C/C=C\CCCCCCCCCCCCCCCCCCC(=O)OCC(COC(=O)CC/C=C\C/C=C\C/C=C\C/C=C\CC)OC(=O)CCCCCCCCCCCCCCCCCCCCCC. The van der Waals surface area contributed by atoms with E-state index >= 15 is 0 Å². The summed E-state index contributed by atoms with van der Waals surface area (Å²) in [6.45, 7) is 6.39. The van der Waals surface area contributed by atoms with Gasteiger partial charge >= 0.3 is 17.9 Å². The molecule has 0 radical (unpaired) electrons. The molecule has 0 aromatic rings. The summed E-state index contributed by atoms with van der Waals surface area (Å²) in [5, 5.41) is 0. The number of carbonyl (C=O) groups is 3. The molecule has 0 aliphatic carbocycles. The van der Waals surface area contributed by atoms with E-state index in [-0.39, 0.29) is 37.5 Å². The van der Waals surface area contributed by atoms with Crippen molar-refractivity contribution in [1.29, 1.82) is 0 Å². The molecule has 1 unspecified atom stereocenters. The van der Waals surface area contributed by atoms with Crippen LogP contribution in [0.15, 0.2) is 97.2 Å². The van der Waals surface area contributed by atoms with Crippen molar-refractivity contribution < 1.29 is 28.6 Å². The van der Waals surface area contributed by atoms with Crippen LogP contribution >= 0.6 is 0 Å². The van der Waals surface area contributed by atoms with Crippen LogP contribution in [0.25, 0.3) is 0 Å². The van der Waals surface area contributed by atoms with Crippen LogP contribution in [0.2, 0.25) is 0 Å². The number of allylic oxidation sites excluding steroid dienone is 16. The third kappa shape index (κ3) is 65.1. The van der Waals surface area contributed by atoms with E-state index in [2.05, 4.69) is 112 Å². The molecule has 460 valence electrons. The van der Waals surface area contributed by atoms with Crippen LogP contribution in [0, 0.1) is 0 Å². The fraction of sp³-hybridized carbons (Fsp3) is 0.743. The van der Waals surface area contributed by atoms with Gasteiger partial charge in [0, 0.05) is 19.3 Å². The molecule has 6 heteroatoms. The monoisotopic (exact) mass is 1110 g/mol. The van der Waals surface area contributed by atoms with Gasteiger partial charge in [0.05, 0.1) is 0 Å². The lowest BCUT2D eigenvalue weighted by Crippen LogP contribution is -2.30. The summed E-state index contributed by atoms with van der Waals surface area (Å²) in [6.07, 6.45) is 91.7. The van der Waals surface area contributed by atoms with Crippen molar-refractivity contribution in [3.63, 3.8) is 0 Å². The molecule has 1 atom stereocenters. The van der Waals surface area contributed by atoms with E-state index in [1.165, 1.54) is 199 Å². The highest BCUT2D eigenvalue weighted by atomic mass is 16.6. The van der Waals surface area contributed by atoms with E-state index in [4.69, 9.17) is 14.2 Å². The molecular formula is C74H128O6. The molecule has 0 rings (SSSR count). The summed E-state index contributed by atoms with van der Waals surface area (Å²) in [4.78, 5) is 38.3. The first kappa shape index (κ1) is 76.3. The second-order valence-corrected chi connectivity index (χ2v) is 22.7. The Morgan fingerprint density at radius 2 is 0.512 bits per heavy atom. The van der Waals surface area contributed by atoms with Gasteiger partial charge in [0.2, 0.25) is 0 Å². The van der Waals surface area contributed by atoms with Crippen molar-refractivity contribution in [2.75, 3.05) is 13.2 Å². The van der Waals surface area contributed by atoms with E-state index in [0.29, 0.717) is 19.3 Å². The third-order valence-electron chi connectivity index (χ3n) is 14.8. The Bertz CT molecular complexity index is 1560. The maximum Gasteiger partial charge on any atom is 0.306 e. The maximum absolute atomic E-state index is 12.9. The van der Waals surface area contributed by atoms with Crippen LogP contribution in [0.5, 0.6) is 0 Å². The van der Waals surface area contributed by atoms with Gasteiger partial charge in [-0.25, -0.2) is 0 Å². The molecule has 0 saturated carbocycles. The van der Waals surface area contributed by atoms with E-state index in [0.717, 1.165) is 89.9 Å². The van der Waals surface area contributed by atoms with Crippen LogP contribution in [-0.4, -0.2) is 37.2 Å². The highest BCUT2D eigenvalue weighted by Crippen LogP contribution is 2.18. The van der Waals surface area contributed by atoms with Crippen LogP contribution in [0.1, 0.15) is 335 Å². The molecule has 0 spiro atoms. The van der Waals surface area contributed by atoms with E-state index in [1.807, 2.05) is 6.08 Å². The molecule has 0 aromatic carbocycles. The van der Waals surface area contributed by atoms with Gasteiger partial charge in [-0.05, 0) is 83.5 Å². The largest absolute Gasteiger partial charge is 0.462 e. The summed E-state index contributed by atoms with van der Waals surface area (Å²) < 4.78 is 16.9. The van der Waals surface area contributed by atoms with Crippen molar-refractivity contribution in [2.24, 2.45) is 0 Å². The van der Waals surface area contributed by atoms with Crippen LogP contribution in [0.4, 0.5) is 0 Å². The van der Waals surface area contributed by atoms with Gasteiger partial charge in [-0.2, -0.15) is 0 Å². The van der Waals surface area contributed by atoms with Crippen LogP contribution in [-0.2, 0) is 28.6 Å². The van der Waals surface area contributed by atoms with Crippen molar-refractivity contribution in [2.45, 2.75) is 341 Å². The molecule has 0 fully saturated rings. The normalized spacial score (nSPS) is 12.7. The van der Waals surface area contributed by atoms with Gasteiger partial charge in [-0.15, -0.1) is 0 Å². The van der Waals surface area contributed by atoms with E-state index in [1.54, 1.807) is 0 Å². The fourth-order valence-corrected chi connectivity index (χ4v) is 9.80. The lowest BCUT2D eigenvalue weighted by Gasteiger charge is -2.18. The first-order valence-electron chi connectivity index (χ1n) is 34.2. The van der Waals surface area contributed by atoms with Gasteiger partial charge in [-0.1, -0.05) is 330 Å². The van der Waals surface area contributed by atoms with E-state index < -0.39 is 6.10 Å². The van der Waals surface area contributed by atoms with Gasteiger partial charge in [0.25, 0.3) is 0 Å². The first-order chi connectivity index (χ1) is 39.5. The predicted octanol–water partition coefficient (Wildman–Crippen LogP) is 23.6. The molecule has 0 heterocycles. The van der Waals surface area contributed by atoms with E-state index in [9.17, 15) is 14.4 Å². The fourth-order valence-electron chi connectivity index (χ4n) is 9.80. The average molecular weight is 1110 g/mol. The van der Waals surface area contributed by atoms with Crippen molar-refractivity contribution >= 4 is 17.9 Å². The lowest BCUT2D eigenvalue weighted by atomic mass is 10.0. The minimum Gasteiger partial charge on any atom is -0.462 e. The molecule has 0 aliphatic heterocycles. The number of hydrogen-bond donors (Lipinski definition) is 0. The van der Waals surface area contributed by atoms with Gasteiger partial charge in [-0.3, -0.25) is 14.4 Å². The summed E-state index contributed by atoms with van der Waals surface area (Å²) in [5.74, 6) is -0.964. The molecule has 0 bridgehead atoms. The Hall–Kier alpha value is -3.67. The zero-order valence-corrected chi connectivity index (χ0v) is 52.8. The quantitative estimate of drug-likeness (QED) is 0.0261. The molecule has 6 nitrogen and oxygen atoms in total. The van der Waals surface area contributed by atoms with Gasteiger partial charge in [0.1, 0.15) is 13.2 Å². The molecule has 0 saturated heterocycles. The Morgan fingerprint density at radius 1 is 0.263 bits per heavy atom. The number of esters is 3. The lowest BCUT2D eigenvalue weighted by molar-refractivity contribution is -0.166. The maximum atomic E-state index is 12.9. The molecule has 0 aromatic heterocycles. The first-order valence-corrected chi connectivity index (χ1v) is 34.2. The predicted molar refractivity (Wildman–Crippen MR) is 348 cm³/mol. The van der Waals surface area contributed by atoms with Crippen molar-refractivity contribution in [3.05, 3.63) is 97.2 Å². The highest BCUT2D eigenvalue weighted by Gasteiger charge is 2.19. The average Bonchev–Trinajstić information content (AvgIpc) is 3.46. The minimum atomic E-state index is -0.805. The summed E-state index contributed by atoms with van der Waals surface area (Å²) in [6, 6.07) is 0. The smallest absolute Gasteiger partial charge is 0.306 e. The summed E-state index contributed by atoms with van der Waals surface area (Å²) >= 11 is 0. The molecule has 80 heavy (non-hydrogen) atoms. The number of hydrogen-bond acceptors (Lipinski definition) is 6. The van der Waals surface area contributed by atoms with Crippen LogP contribution in [0.3, 0.4) is 0 Å². The van der Waals surface area contributed by atoms with Gasteiger partial charge < -0.3 is 14.2 Å². The topological polar surface area (TPSA) is 78.9 Å². The Balaban J connectivity index is 4.26. The van der Waals surface area contributed by atoms with Crippen molar-refractivity contribution in [1.82, 2.24) is 0 Å². The van der Waals surface area contributed by atoms with Crippen LogP contribution < -0.4 is 0 Å². The Kier molecular flexibility index (Phi) is 64.7. The molecule has 0 amide bonds. The summed E-state index contributed by atoms with van der Waals surface area (Å²) in [7, 11) is 0. The number of carbonyl (C=O) groups excluding carboxylic acids is 3. The minimum absolute atomic E-state index is 0.0955. The Labute approximate surface area is 496 Å². The zero-order chi connectivity index (χ0) is 57.8. The number of rotatable bonds is 62. The third-order valence-corrected chi connectivity index (χ3v) is 14.8. The molecule has 0 aliphatic rings. The molecular weight excluding hydrogens is 985 g/mol. The second kappa shape index (κ2) is 67.8. The summed E-state index contributed by atoms with van der Waals surface area (Å²) in [5.41, 5.74) is 0. The highest BCUT2D eigenvalue weighted by molar-refractivity contribution is 5.71. The number of ether oxygens (including phenoxy) is 3. The van der Waals surface area contributed by atoms with Gasteiger partial charge in [0.15, 0.2) is 6.10 Å². The van der Waals surface area contributed by atoms with Crippen molar-refractivity contribution in [3.8, 4) is 0 Å². The zero-order valence-electron chi connectivity index (χ0n) is 52.8. The Morgan fingerprint density at radius 3 is 0.838 bits per heavy atom. The molecule has 0 N–H and O–H groups in total. The number of unbranched alkanes of at least 4 members (excludes halogenated alkanes) is 35. The standard InChI is InChI=1S/C74H128O6/c1-4-7-10-13-16-19-22-25-27-29-31-33-34-35-36-37-38-39-40-41-43-44-46-49-52-55-58-61-64-67-73(76)79-70-71(69-78-72(75)66-63-60-57-54-51-48-24-21-18-15-12-9-6-3)80-74(77)68-65-62-59-56-53-50-47-45-42-32-30-28-26-23-20-17-14-11-8-5-2/h7,9-10,12,16,18-19,21,25,27,31,33,48,51,57,60,71H,4-6,8,11,13-15,17,20,22-24,26,28-30,32,34-47,49-50,52-56,58-59,61-70H2,1-3H3/b10-7-,12-9-,19-16-,21-18-,27-25-,33-31-,51-48-,60-57-.